The summed E-state index contributed by atoms with van der Waals surface area (Å²) in [5, 5.41) is 10.7. The van der Waals surface area contributed by atoms with E-state index in [1.165, 1.54) is 12.1 Å². The minimum Gasteiger partial charge on any atom is -0.457 e. The zero-order valence-corrected chi connectivity index (χ0v) is 18.9. The number of amides is 1. The number of benzene rings is 2. The van der Waals surface area contributed by atoms with E-state index in [1.807, 2.05) is 13.8 Å². The van der Waals surface area contributed by atoms with Crippen molar-refractivity contribution in [1.82, 2.24) is 10.3 Å². The number of nitrogens with one attached hydrogen (secondary N) is 2. The summed E-state index contributed by atoms with van der Waals surface area (Å²) >= 11 is 0. The van der Waals surface area contributed by atoms with E-state index in [-0.39, 0.29) is 13.9 Å². The molecular weight excluding hydrogens is 424 g/mol. The van der Waals surface area contributed by atoms with Gasteiger partial charge in [-0.1, -0.05) is 11.6 Å². The summed E-state index contributed by atoms with van der Waals surface area (Å²) in [5.41, 5.74) is 4.09. The molecule has 0 bridgehead atoms. The van der Waals surface area contributed by atoms with E-state index in [0.29, 0.717) is 39.6 Å². The minimum absolute atomic E-state index is 0. The average molecular weight is 452 g/mol. The topological polar surface area (TPSA) is 75.1 Å². The highest BCUT2D eigenvalue weighted by Gasteiger charge is 2.15. The molecule has 2 aromatic carbocycles. The number of aromatic nitrogens is 1. The van der Waals surface area contributed by atoms with E-state index in [2.05, 4.69) is 10.3 Å². The van der Waals surface area contributed by atoms with E-state index in [9.17, 15) is 13.6 Å². The molecule has 1 amide bonds. The van der Waals surface area contributed by atoms with E-state index < -0.39 is 11.6 Å². The molecule has 0 radical (unpaired) electrons. The molecule has 0 saturated heterocycles. The summed E-state index contributed by atoms with van der Waals surface area (Å²) in [4.78, 5) is 17.1. The van der Waals surface area contributed by atoms with E-state index in [0.717, 1.165) is 17.2 Å². The highest BCUT2D eigenvalue weighted by atomic mass is 19.1. The number of halogens is 2. The van der Waals surface area contributed by atoms with Crippen LogP contribution in [0.15, 0.2) is 60.3 Å². The summed E-state index contributed by atoms with van der Waals surface area (Å²) in [7, 11) is 0. The second-order valence-electron chi connectivity index (χ2n) is 7.87. The van der Waals surface area contributed by atoms with Crippen molar-refractivity contribution < 1.29 is 19.7 Å². The first-order chi connectivity index (χ1) is 15.7. The molecule has 5 nitrogen and oxygen atoms in total. The fourth-order valence-corrected chi connectivity index (χ4v) is 3.52. The molecule has 0 aliphatic rings. The second kappa shape index (κ2) is 10.2. The third-order valence-electron chi connectivity index (χ3n) is 4.99. The summed E-state index contributed by atoms with van der Waals surface area (Å²) in [6.07, 6.45) is 1.61. The van der Waals surface area contributed by atoms with Crippen LogP contribution in [-0.2, 0) is 6.54 Å². The van der Waals surface area contributed by atoms with Crippen LogP contribution in [0, 0.1) is 24.0 Å². The SMILES string of the molecule is CC(=N)C(=C(C)C)c1cc(Oc2cccc(C(=O)NCc3cc(F)cc(F)c3)c2C)ccn1.[HH]. The Morgan fingerprint density at radius 3 is 2.42 bits per heavy atom. The van der Waals surface area contributed by atoms with Gasteiger partial charge in [0.05, 0.1) is 5.69 Å². The maximum atomic E-state index is 13.4. The number of rotatable bonds is 7. The maximum absolute atomic E-state index is 13.4. The lowest BCUT2D eigenvalue weighted by atomic mass is 10.0. The molecule has 3 rings (SSSR count). The van der Waals surface area contributed by atoms with Gasteiger partial charge in [-0.05, 0) is 63.6 Å². The van der Waals surface area contributed by atoms with Crippen molar-refractivity contribution in [1.29, 1.82) is 5.41 Å². The summed E-state index contributed by atoms with van der Waals surface area (Å²) in [6, 6.07) is 11.7. The standard InChI is InChI=1S/C26H25F2N3O2.H2/c1-15(2)25(17(4)29)23-13-21(8-9-30-23)33-24-7-5-6-22(16(24)3)26(32)31-14-18-10-19(27)12-20(28)11-18;/h5-13,29H,14H2,1-4H3,(H,31,32);1H. The summed E-state index contributed by atoms with van der Waals surface area (Å²) in [5.74, 6) is -0.767. The number of hydrogen-bond acceptors (Lipinski definition) is 4. The van der Waals surface area contributed by atoms with Crippen LogP contribution in [0.1, 0.15) is 49.4 Å². The predicted octanol–water partition coefficient (Wildman–Crippen LogP) is 6.47. The Bertz CT molecular complexity index is 1230. The van der Waals surface area contributed by atoms with Crippen molar-refractivity contribution >= 4 is 17.2 Å². The fraction of sp³-hybridized carbons (Fsp3) is 0.192. The van der Waals surface area contributed by atoms with Gasteiger partial charge in [-0.25, -0.2) is 8.78 Å². The molecule has 2 N–H and O–H groups in total. The number of hydrogen-bond donors (Lipinski definition) is 2. The van der Waals surface area contributed by atoms with E-state index in [4.69, 9.17) is 10.1 Å². The monoisotopic (exact) mass is 451 g/mol. The van der Waals surface area contributed by atoms with Gasteiger partial charge in [-0.2, -0.15) is 0 Å². The van der Waals surface area contributed by atoms with Gasteiger partial charge >= 0.3 is 0 Å². The first kappa shape index (κ1) is 23.8. The molecule has 7 heteroatoms. The van der Waals surface area contributed by atoms with Gasteiger partial charge in [0, 0.05) is 48.7 Å². The molecule has 172 valence electrons. The molecule has 0 fully saturated rings. The molecule has 3 aromatic rings. The van der Waals surface area contributed by atoms with Crippen molar-refractivity contribution in [2.24, 2.45) is 0 Å². The summed E-state index contributed by atoms with van der Waals surface area (Å²) in [6.45, 7) is 7.31. The van der Waals surface area contributed by atoms with E-state index >= 15 is 0 Å². The zero-order chi connectivity index (χ0) is 24.1. The molecule has 33 heavy (non-hydrogen) atoms. The Hall–Kier alpha value is -3.87. The smallest absolute Gasteiger partial charge is 0.251 e. The van der Waals surface area contributed by atoms with Gasteiger partial charge in [-0.3, -0.25) is 9.78 Å². The predicted molar refractivity (Wildman–Crippen MR) is 127 cm³/mol. The highest BCUT2D eigenvalue weighted by molar-refractivity contribution is 6.21. The Balaban J connectivity index is 0.00000408. The van der Waals surface area contributed by atoms with Crippen LogP contribution in [0.2, 0.25) is 0 Å². The first-order valence-electron chi connectivity index (χ1n) is 10.4. The van der Waals surface area contributed by atoms with Crippen LogP contribution in [0.3, 0.4) is 0 Å². The number of carbonyl (C=O) groups is 1. The minimum atomic E-state index is -0.697. The van der Waals surface area contributed by atoms with Crippen LogP contribution < -0.4 is 10.1 Å². The second-order valence-corrected chi connectivity index (χ2v) is 7.87. The van der Waals surface area contributed by atoms with Crippen LogP contribution >= 0.6 is 0 Å². The molecule has 0 aliphatic carbocycles. The molecule has 0 unspecified atom stereocenters. The molecule has 0 saturated carbocycles. The van der Waals surface area contributed by atoms with Crippen LogP contribution in [0.5, 0.6) is 11.5 Å². The Morgan fingerprint density at radius 1 is 1.09 bits per heavy atom. The molecule has 0 spiro atoms. The normalized spacial score (nSPS) is 10.5. The number of allylic oxidation sites excluding steroid dienone is 2. The zero-order valence-electron chi connectivity index (χ0n) is 18.9. The highest BCUT2D eigenvalue weighted by Crippen LogP contribution is 2.29. The number of nitrogens with zero attached hydrogens (tertiary/aromatic N) is 1. The van der Waals surface area contributed by atoms with Crippen LogP contribution in [0.4, 0.5) is 8.78 Å². The van der Waals surface area contributed by atoms with Crippen molar-refractivity contribution in [3.8, 4) is 11.5 Å². The van der Waals surface area contributed by atoms with Gasteiger partial charge in [0.1, 0.15) is 23.1 Å². The molecule has 0 aliphatic heterocycles. The number of pyridine rings is 1. The fourth-order valence-electron chi connectivity index (χ4n) is 3.52. The average Bonchev–Trinajstić information content (AvgIpc) is 2.73. The van der Waals surface area contributed by atoms with Gasteiger partial charge in [0.2, 0.25) is 0 Å². The van der Waals surface area contributed by atoms with Crippen LogP contribution in [0.25, 0.3) is 5.57 Å². The van der Waals surface area contributed by atoms with Crippen molar-refractivity contribution in [2.75, 3.05) is 0 Å². The Kier molecular flexibility index (Phi) is 7.33. The third-order valence-corrected chi connectivity index (χ3v) is 4.99. The molecule has 1 aromatic heterocycles. The van der Waals surface area contributed by atoms with E-state index in [1.54, 1.807) is 50.4 Å². The summed E-state index contributed by atoms with van der Waals surface area (Å²) < 4.78 is 32.8. The lowest BCUT2D eigenvalue weighted by Gasteiger charge is -2.14. The van der Waals surface area contributed by atoms with Crippen molar-refractivity contribution in [3.63, 3.8) is 0 Å². The quantitative estimate of drug-likeness (QED) is 0.404. The maximum Gasteiger partial charge on any atom is 0.251 e. The van der Waals surface area contributed by atoms with Crippen LogP contribution in [-0.4, -0.2) is 16.6 Å². The van der Waals surface area contributed by atoms with Gasteiger partial charge in [-0.15, -0.1) is 0 Å². The van der Waals surface area contributed by atoms with Crippen molar-refractivity contribution in [3.05, 3.63) is 94.3 Å². The third kappa shape index (κ3) is 5.88. The first-order valence-corrected chi connectivity index (χ1v) is 10.4. The molecule has 1 heterocycles. The molecule has 0 atom stereocenters. The largest absolute Gasteiger partial charge is 0.457 e. The molecular formula is C26H27F2N3O2. The Labute approximate surface area is 193 Å². The van der Waals surface area contributed by atoms with Crippen molar-refractivity contribution in [2.45, 2.75) is 34.2 Å². The number of ether oxygens (including phenoxy) is 1. The lowest BCUT2D eigenvalue weighted by molar-refractivity contribution is 0.0950. The number of carbonyl (C=O) groups excluding carboxylic acids is 1. The van der Waals surface area contributed by atoms with Gasteiger partial charge in [0.15, 0.2) is 0 Å². The van der Waals surface area contributed by atoms with Gasteiger partial charge in [0.25, 0.3) is 5.91 Å². The lowest BCUT2D eigenvalue weighted by Crippen LogP contribution is -2.23. The van der Waals surface area contributed by atoms with Gasteiger partial charge < -0.3 is 15.5 Å². The Morgan fingerprint density at radius 2 is 1.79 bits per heavy atom.